The third-order valence-corrected chi connectivity index (χ3v) is 3.86. The van der Waals surface area contributed by atoms with Gasteiger partial charge < -0.3 is 15.1 Å². The topological polar surface area (TPSA) is 35.6 Å². The Balaban J connectivity index is 1.88. The van der Waals surface area contributed by atoms with Gasteiger partial charge >= 0.3 is 0 Å². The third kappa shape index (κ3) is 1.97. The number of fused-ring (bicyclic) bond motifs is 1. The van der Waals surface area contributed by atoms with Gasteiger partial charge in [0.2, 0.25) is 5.91 Å². The largest absolute Gasteiger partial charge is 0.364 e. The van der Waals surface area contributed by atoms with Gasteiger partial charge in [0.15, 0.2) is 0 Å². The van der Waals surface area contributed by atoms with E-state index in [4.69, 9.17) is 0 Å². The molecule has 96 valence electrons. The average Bonchev–Trinajstić information content (AvgIpc) is 2.87. The Kier molecular flexibility index (Phi) is 2.96. The molecule has 0 radical (unpaired) electrons. The van der Waals surface area contributed by atoms with Crippen molar-refractivity contribution in [2.75, 3.05) is 43.0 Å². The van der Waals surface area contributed by atoms with Crippen LogP contribution in [0.5, 0.6) is 0 Å². The Labute approximate surface area is 108 Å². The van der Waals surface area contributed by atoms with Crippen molar-refractivity contribution in [3.8, 4) is 0 Å². The van der Waals surface area contributed by atoms with Crippen LogP contribution in [0.4, 0.5) is 11.4 Å². The summed E-state index contributed by atoms with van der Waals surface area (Å²) in [6.45, 7) is 3.43. The molecule has 0 aliphatic carbocycles. The number of likely N-dealkylation sites (N-methyl/N-ethyl adjacent to an activating group) is 1. The van der Waals surface area contributed by atoms with E-state index in [1.54, 1.807) is 0 Å². The van der Waals surface area contributed by atoms with Crippen molar-refractivity contribution in [3.63, 3.8) is 0 Å². The number of benzene rings is 1. The van der Waals surface area contributed by atoms with E-state index in [-0.39, 0.29) is 5.91 Å². The van der Waals surface area contributed by atoms with E-state index in [1.165, 1.54) is 6.42 Å². The molecule has 1 N–H and O–H groups in total. The normalized spacial score (nSPS) is 23.4. The maximum absolute atomic E-state index is 12.2. The summed E-state index contributed by atoms with van der Waals surface area (Å²) < 4.78 is 0. The summed E-state index contributed by atoms with van der Waals surface area (Å²) in [4.78, 5) is 16.2. The fraction of sp³-hybridized carbons (Fsp3) is 0.500. The molecule has 2 aliphatic heterocycles. The number of amides is 1. The summed E-state index contributed by atoms with van der Waals surface area (Å²) in [5, 5.41) is 3.36. The number of carbonyl (C=O) groups excluding carboxylic acids is 1. The van der Waals surface area contributed by atoms with E-state index in [2.05, 4.69) is 11.4 Å². The molecular formula is C14H19N3O. The van der Waals surface area contributed by atoms with Crippen molar-refractivity contribution in [2.24, 2.45) is 5.92 Å². The molecule has 0 spiro atoms. The van der Waals surface area contributed by atoms with Gasteiger partial charge in [0, 0.05) is 13.6 Å². The summed E-state index contributed by atoms with van der Waals surface area (Å²) in [5.74, 6) is 0.800. The lowest BCUT2D eigenvalue weighted by atomic mass is 10.1. The summed E-state index contributed by atoms with van der Waals surface area (Å²) in [6.07, 6.45) is 1.17. The summed E-state index contributed by atoms with van der Waals surface area (Å²) in [6, 6.07) is 8.17. The van der Waals surface area contributed by atoms with Crippen LogP contribution >= 0.6 is 0 Å². The molecule has 4 heteroatoms. The fourth-order valence-corrected chi connectivity index (χ4v) is 2.85. The third-order valence-electron chi connectivity index (χ3n) is 3.86. The van der Waals surface area contributed by atoms with Crippen LogP contribution in [0.1, 0.15) is 6.42 Å². The van der Waals surface area contributed by atoms with E-state index in [9.17, 15) is 4.79 Å². The van der Waals surface area contributed by atoms with Gasteiger partial charge in [0.1, 0.15) is 0 Å². The second kappa shape index (κ2) is 4.61. The minimum Gasteiger partial charge on any atom is -0.364 e. The van der Waals surface area contributed by atoms with Gasteiger partial charge in [-0.25, -0.2) is 0 Å². The SMILES string of the molecule is CN1CC(=O)N(CC2CCNC2)c2ccccc21. The van der Waals surface area contributed by atoms with Crippen LogP contribution in [-0.2, 0) is 4.79 Å². The zero-order valence-electron chi connectivity index (χ0n) is 10.7. The quantitative estimate of drug-likeness (QED) is 0.847. The molecule has 1 atom stereocenters. The number of hydrogen-bond acceptors (Lipinski definition) is 3. The Morgan fingerprint density at radius 2 is 2.11 bits per heavy atom. The van der Waals surface area contributed by atoms with Crippen molar-refractivity contribution < 1.29 is 4.79 Å². The lowest BCUT2D eigenvalue weighted by Gasteiger charge is -2.36. The van der Waals surface area contributed by atoms with E-state index < -0.39 is 0 Å². The van der Waals surface area contributed by atoms with Gasteiger partial charge in [-0.15, -0.1) is 0 Å². The number of rotatable bonds is 2. The maximum atomic E-state index is 12.2. The highest BCUT2D eigenvalue weighted by Gasteiger charge is 2.29. The van der Waals surface area contributed by atoms with Gasteiger partial charge in [-0.1, -0.05) is 12.1 Å². The molecule has 18 heavy (non-hydrogen) atoms. The highest BCUT2D eigenvalue weighted by atomic mass is 16.2. The molecule has 1 saturated heterocycles. The molecule has 1 aromatic carbocycles. The molecule has 0 saturated carbocycles. The lowest BCUT2D eigenvalue weighted by Crippen LogP contribution is -2.46. The van der Waals surface area contributed by atoms with Gasteiger partial charge in [0.25, 0.3) is 0 Å². The smallest absolute Gasteiger partial charge is 0.246 e. The Hall–Kier alpha value is -1.55. The number of nitrogens with one attached hydrogen (secondary N) is 1. The lowest BCUT2D eigenvalue weighted by molar-refractivity contribution is -0.117. The second-order valence-electron chi connectivity index (χ2n) is 5.21. The minimum absolute atomic E-state index is 0.211. The first-order chi connectivity index (χ1) is 8.75. The van der Waals surface area contributed by atoms with Gasteiger partial charge in [-0.05, 0) is 37.6 Å². The van der Waals surface area contributed by atoms with Crippen molar-refractivity contribution in [3.05, 3.63) is 24.3 Å². The molecular weight excluding hydrogens is 226 g/mol. The second-order valence-corrected chi connectivity index (χ2v) is 5.21. The van der Waals surface area contributed by atoms with Crippen LogP contribution in [0.25, 0.3) is 0 Å². The molecule has 0 aromatic heterocycles. The molecule has 1 amide bonds. The Bertz CT molecular complexity index is 454. The van der Waals surface area contributed by atoms with Crippen LogP contribution in [0.3, 0.4) is 0 Å². The predicted octanol–water partition coefficient (Wildman–Crippen LogP) is 1.08. The monoisotopic (exact) mass is 245 g/mol. The summed E-state index contributed by atoms with van der Waals surface area (Å²) >= 11 is 0. The van der Waals surface area contributed by atoms with Crippen molar-refractivity contribution >= 4 is 17.3 Å². The fourth-order valence-electron chi connectivity index (χ4n) is 2.85. The first-order valence-electron chi connectivity index (χ1n) is 6.57. The van der Waals surface area contributed by atoms with Crippen molar-refractivity contribution in [1.29, 1.82) is 0 Å². The zero-order valence-corrected chi connectivity index (χ0v) is 10.7. The van der Waals surface area contributed by atoms with Crippen LogP contribution in [0.15, 0.2) is 24.3 Å². The Morgan fingerprint density at radius 1 is 1.33 bits per heavy atom. The maximum Gasteiger partial charge on any atom is 0.246 e. The highest BCUT2D eigenvalue weighted by Crippen LogP contribution is 2.33. The molecule has 1 aromatic rings. The zero-order chi connectivity index (χ0) is 12.5. The number of nitrogens with zero attached hydrogens (tertiary/aromatic N) is 2. The van der Waals surface area contributed by atoms with E-state index >= 15 is 0 Å². The molecule has 3 rings (SSSR count). The molecule has 1 unspecified atom stereocenters. The van der Waals surface area contributed by atoms with Crippen molar-refractivity contribution in [1.82, 2.24) is 5.32 Å². The summed E-state index contributed by atoms with van der Waals surface area (Å²) in [5.41, 5.74) is 2.21. The number of carbonyl (C=O) groups is 1. The van der Waals surface area contributed by atoms with Crippen LogP contribution < -0.4 is 15.1 Å². The van der Waals surface area contributed by atoms with Crippen molar-refractivity contribution in [2.45, 2.75) is 6.42 Å². The minimum atomic E-state index is 0.211. The van der Waals surface area contributed by atoms with E-state index in [1.807, 2.05) is 35.0 Å². The first kappa shape index (κ1) is 11.5. The van der Waals surface area contributed by atoms with E-state index in [0.29, 0.717) is 12.5 Å². The first-order valence-corrected chi connectivity index (χ1v) is 6.57. The molecule has 4 nitrogen and oxygen atoms in total. The molecule has 2 aliphatic rings. The molecule has 2 heterocycles. The average molecular weight is 245 g/mol. The van der Waals surface area contributed by atoms with Crippen LogP contribution in [0, 0.1) is 5.92 Å². The Morgan fingerprint density at radius 3 is 2.83 bits per heavy atom. The van der Waals surface area contributed by atoms with E-state index in [0.717, 1.165) is 31.0 Å². The highest BCUT2D eigenvalue weighted by molar-refractivity contribution is 6.03. The number of hydrogen-bond donors (Lipinski definition) is 1. The van der Waals surface area contributed by atoms with Gasteiger partial charge in [-0.3, -0.25) is 4.79 Å². The summed E-state index contributed by atoms with van der Waals surface area (Å²) in [7, 11) is 1.98. The van der Waals surface area contributed by atoms with Crippen LogP contribution in [0.2, 0.25) is 0 Å². The molecule has 1 fully saturated rings. The molecule has 0 bridgehead atoms. The standard InChI is InChI=1S/C14H19N3O/c1-16-10-14(18)17(9-11-6-7-15-8-11)13-5-3-2-4-12(13)16/h2-5,11,15H,6-10H2,1H3. The predicted molar refractivity (Wildman–Crippen MR) is 73.0 cm³/mol. The van der Waals surface area contributed by atoms with Gasteiger partial charge in [0.05, 0.1) is 17.9 Å². The van der Waals surface area contributed by atoms with Crippen LogP contribution in [-0.4, -0.2) is 39.1 Å². The van der Waals surface area contributed by atoms with Gasteiger partial charge in [-0.2, -0.15) is 0 Å². The number of para-hydroxylation sites is 2. The number of anilines is 2.